The van der Waals surface area contributed by atoms with Gasteiger partial charge in [-0.15, -0.1) is 11.3 Å². The Labute approximate surface area is 125 Å². The Morgan fingerprint density at radius 3 is 2.81 bits per heavy atom. The molecule has 4 nitrogen and oxygen atoms in total. The summed E-state index contributed by atoms with van der Waals surface area (Å²) >= 11 is 1.54. The predicted octanol–water partition coefficient (Wildman–Crippen LogP) is 3.88. The van der Waals surface area contributed by atoms with Crippen LogP contribution in [0.3, 0.4) is 0 Å². The number of aromatic nitrogens is 1. The van der Waals surface area contributed by atoms with Crippen molar-refractivity contribution in [3.63, 3.8) is 0 Å². The summed E-state index contributed by atoms with van der Waals surface area (Å²) in [6.45, 7) is 2.25. The molecular formula is C16H13NO3S. The minimum absolute atomic E-state index is 0.203. The first kappa shape index (κ1) is 13.6. The summed E-state index contributed by atoms with van der Waals surface area (Å²) in [5.41, 5.74) is 0.203. The molecule has 0 atom stereocenters. The number of aryl methyl sites for hydroxylation is 1. The number of hydrogen-bond acceptors (Lipinski definition) is 4. The Hall–Kier alpha value is -2.40. The molecule has 0 saturated carbocycles. The lowest BCUT2D eigenvalue weighted by atomic mass is 10.0. The van der Waals surface area contributed by atoms with E-state index in [0.29, 0.717) is 17.7 Å². The van der Waals surface area contributed by atoms with Crippen LogP contribution in [0.4, 0.5) is 0 Å². The second-order valence-electron chi connectivity index (χ2n) is 4.60. The summed E-state index contributed by atoms with van der Waals surface area (Å²) < 4.78 is 5.70. The Morgan fingerprint density at radius 2 is 2.10 bits per heavy atom. The average molecular weight is 299 g/mol. The largest absolute Gasteiger partial charge is 0.487 e. The van der Waals surface area contributed by atoms with Gasteiger partial charge < -0.3 is 9.84 Å². The van der Waals surface area contributed by atoms with E-state index < -0.39 is 5.97 Å². The molecule has 0 saturated heterocycles. The van der Waals surface area contributed by atoms with Crippen LogP contribution in [0.2, 0.25) is 0 Å². The van der Waals surface area contributed by atoms with Crippen molar-refractivity contribution in [3.05, 3.63) is 58.0 Å². The number of nitrogens with zero attached hydrogens (tertiary/aromatic N) is 1. The first-order chi connectivity index (χ1) is 10.1. The van der Waals surface area contributed by atoms with Crippen LogP contribution in [0.5, 0.6) is 5.75 Å². The van der Waals surface area contributed by atoms with Crippen LogP contribution >= 0.6 is 11.3 Å². The number of benzene rings is 2. The van der Waals surface area contributed by atoms with Crippen molar-refractivity contribution in [1.82, 2.24) is 4.98 Å². The lowest BCUT2D eigenvalue weighted by Gasteiger charge is -2.10. The minimum Gasteiger partial charge on any atom is -0.487 e. The van der Waals surface area contributed by atoms with E-state index in [9.17, 15) is 9.90 Å². The molecule has 0 aliphatic carbocycles. The lowest BCUT2D eigenvalue weighted by molar-refractivity contribution is 0.0694. The zero-order valence-electron chi connectivity index (χ0n) is 11.4. The van der Waals surface area contributed by atoms with Crippen LogP contribution in [0.1, 0.15) is 20.2 Å². The number of ether oxygens (including phenoxy) is 1. The third kappa shape index (κ3) is 2.73. The lowest BCUT2D eigenvalue weighted by Crippen LogP contribution is -2.03. The fourth-order valence-electron chi connectivity index (χ4n) is 2.21. The number of carbonyl (C=O) groups is 1. The van der Waals surface area contributed by atoms with Crippen LogP contribution in [-0.4, -0.2) is 16.1 Å². The third-order valence-electron chi connectivity index (χ3n) is 3.14. The van der Waals surface area contributed by atoms with Crippen molar-refractivity contribution >= 4 is 28.1 Å². The first-order valence-electron chi connectivity index (χ1n) is 6.44. The average Bonchev–Trinajstić information content (AvgIpc) is 2.89. The number of hydrogen-bond donors (Lipinski definition) is 1. The minimum atomic E-state index is -0.984. The fraction of sp³-hybridized carbons (Fsp3) is 0.125. The molecule has 0 bridgehead atoms. The van der Waals surface area contributed by atoms with E-state index in [0.717, 1.165) is 15.3 Å². The van der Waals surface area contributed by atoms with E-state index in [1.807, 2.05) is 31.2 Å². The summed E-state index contributed by atoms with van der Waals surface area (Å²) in [7, 11) is 0. The zero-order chi connectivity index (χ0) is 14.8. The van der Waals surface area contributed by atoms with Crippen LogP contribution in [-0.2, 0) is 6.61 Å². The van der Waals surface area contributed by atoms with Gasteiger partial charge in [-0.25, -0.2) is 9.78 Å². The standard InChI is InChI=1S/C16H13NO3S/c1-10-17-8-12(21-10)9-20-14-7-6-11-4-2-3-5-13(11)15(14)16(18)19/h2-8H,9H2,1H3,(H,18,19). The topological polar surface area (TPSA) is 59.4 Å². The molecule has 0 aliphatic heterocycles. The van der Waals surface area contributed by atoms with E-state index in [1.165, 1.54) is 0 Å². The van der Waals surface area contributed by atoms with Gasteiger partial charge in [0.2, 0.25) is 0 Å². The molecule has 3 rings (SSSR count). The molecule has 1 aromatic heterocycles. The fourth-order valence-corrected chi connectivity index (χ4v) is 2.92. The molecular weight excluding hydrogens is 286 g/mol. The van der Waals surface area contributed by atoms with Crippen LogP contribution < -0.4 is 4.74 Å². The summed E-state index contributed by atoms with van der Waals surface area (Å²) in [6, 6.07) is 11.0. The van der Waals surface area contributed by atoms with Crippen LogP contribution in [0.25, 0.3) is 10.8 Å². The highest BCUT2D eigenvalue weighted by molar-refractivity contribution is 7.11. The van der Waals surface area contributed by atoms with Crippen LogP contribution in [0.15, 0.2) is 42.6 Å². The first-order valence-corrected chi connectivity index (χ1v) is 7.26. The van der Waals surface area contributed by atoms with Gasteiger partial charge in [0.25, 0.3) is 0 Å². The smallest absolute Gasteiger partial charge is 0.340 e. The van der Waals surface area contributed by atoms with Crippen molar-refractivity contribution in [1.29, 1.82) is 0 Å². The Bertz CT molecular complexity index is 810. The van der Waals surface area contributed by atoms with Gasteiger partial charge in [0.1, 0.15) is 17.9 Å². The van der Waals surface area contributed by atoms with E-state index in [4.69, 9.17) is 4.74 Å². The summed E-state index contributed by atoms with van der Waals surface area (Å²) in [5, 5.41) is 12.0. The maximum Gasteiger partial charge on any atom is 0.340 e. The van der Waals surface area contributed by atoms with E-state index in [-0.39, 0.29) is 5.56 Å². The molecule has 0 radical (unpaired) electrons. The molecule has 3 aromatic rings. The molecule has 1 heterocycles. The molecule has 106 valence electrons. The molecule has 0 unspecified atom stereocenters. The highest BCUT2D eigenvalue weighted by atomic mass is 32.1. The monoisotopic (exact) mass is 299 g/mol. The second-order valence-corrected chi connectivity index (χ2v) is 5.92. The maximum atomic E-state index is 11.6. The summed E-state index contributed by atoms with van der Waals surface area (Å²) in [5.74, 6) is -0.602. The van der Waals surface area contributed by atoms with Gasteiger partial charge >= 0.3 is 5.97 Å². The molecule has 21 heavy (non-hydrogen) atoms. The van der Waals surface area contributed by atoms with Crippen molar-refractivity contribution in [2.24, 2.45) is 0 Å². The van der Waals surface area contributed by atoms with Crippen molar-refractivity contribution in [2.75, 3.05) is 0 Å². The van der Waals surface area contributed by atoms with E-state index in [1.54, 1.807) is 29.7 Å². The Morgan fingerprint density at radius 1 is 1.29 bits per heavy atom. The highest BCUT2D eigenvalue weighted by Crippen LogP contribution is 2.29. The SMILES string of the molecule is Cc1ncc(COc2ccc3ccccc3c2C(=O)O)s1. The van der Waals surface area contributed by atoms with Gasteiger partial charge in [0, 0.05) is 6.20 Å². The Kier molecular flexibility index (Phi) is 3.58. The maximum absolute atomic E-state index is 11.6. The van der Waals surface area contributed by atoms with Gasteiger partial charge in [0.05, 0.1) is 9.88 Å². The molecule has 2 aromatic carbocycles. The van der Waals surface area contributed by atoms with Crippen molar-refractivity contribution in [2.45, 2.75) is 13.5 Å². The normalized spacial score (nSPS) is 10.7. The number of carboxylic acids is 1. The van der Waals surface area contributed by atoms with Gasteiger partial charge in [-0.2, -0.15) is 0 Å². The third-order valence-corrected chi connectivity index (χ3v) is 4.03. The molecule has 0 spiro atoms. The van der Waals surface area contributed by atoms with Crippen molar-refractivity contribution < 1.29 is 14.6 Å². The molecule has 0 aliphatic rings. The van der Waals surface area contributed by atoms with Gasteiger partial charge in [-0.1, -0.05) is 30.3 Å². The van der Waals surface area contributed by atoms with Crippen LogP contribution in [0, 0.1) is 6.92 Å². The quantitative estimate of drug-likeness (QED) is 0.794. The summed E-state index contributed by atoms with van der Waals surface area (Å²) in [4.78, 5) is 16.7. The second kappa shape index (κ2) is 5.54. The summed E-state index contributed by atoms with van der Waals surface area (Å²) in [6.07, 6.45) is 1.75. The molecule has 1 N–H and O–H groups in total. The van der Waals surface area contributed by atoms with E-state index >= 15 is 0 Å². The van der Waals surface area contributed by atoms with Gasteiger partial charge in [-0.3, -0.25) is 0 Å². The zero-order valence-corrected chi connectivity index (χ0v) is 12.2. The Balaban J connectivity index is 1.97. The molecule has 0 amide bonds. The highest BCUT2D eigenvalue weighted by Gasteiger charge is 2.15. The number of carboxylic acid groups (broad SMARTS) is 1. The van der Waals surface area contributed by atoms with E-state index in [2.05, 4.69) is 4.98 Å². The number of aromatic carboxylic acids is 1. The van der Waals surface area contributed by atoms with Crippen molar-refractivity contribution in [3.8, 4) is 5.75 Å². The predicted molar refractivity (Wildman–Crippen MR) is 82.1 cm³/mol. The molecule has 5 heteroatoms. The van der Waals surface area contributed by atoms with Gasteiger partial charge in [0.15, 0.2) is 0 Å². The number of rotatable bonds is 4. The van der Waals surface area contributed by atoms with Gasteiger partial charge in [-0.05, 0) is 23.8 Å². The number of fused-ring (bicyclic) bond motifs is 1. The molecule has 0 fully saturated rings. The number of thiazole rings is 1.